The highest BCUT2D eigenvalue weighted by atomic mass is 79.9. The maximum Gasteiger partial charge on any atom is 0.271 e. The van der Waals surface area contributed by atoms with Crippen molar-refractivity contribution in [3.05, 3.63) is 92.4 Å². The number of non-ortho nitro benzene ring substituents is 1. The maximum atomic E-state index is 13.7. The number of hydrogen-bond donors (Lipinski definition) is 1. The summed E-state index contributed by atoms with van der Waals surface area (Å²) in [6, 6.07) is 17.3. The van der Waals surface area contributed by atoms with E-state index in [4.69, 9.17) is 9.57 Å². The summed E-state index contributed by atoms with van der Waals surface area (Å²) >= 11 is 3.34. The van der Waals surface area contributed by atoms with Gasteiger partial charge in [0.05, 0.1) is 34.3 Å². The van der Waals surface area contributed by atoms with E-state index in [1.54, 1.807) is 25.1 Å². The van der Waals surface area contributed by atoms with Gasteiger partial charge in [-0.05, 0) is 52.2 Å². The van der Waals surface area contributed by atoms with E-state index in [1.807, 2.05) is 30.3 Å². The molecule has 2 heterocycles. The van der Waals surface area contributed by atoms with Crippen molar-refractivity contribution >= 4 is 39.1 Å². The second kappa shape index (κ2) is 9.83. The zero-order chi connectivity index (χ0) is 26.3. The van der Waals surface area contributed by atoms with E-state index in [2.05, 4.69) is 15.9 Å². The number of carbonyl (C=O) groups excluding carboxylic acids is 2. The lowest BCUT2D eigenvalue weighted by Crippen LogP contribution is -2.37. The largest absolute Gasteiger partial charge is 0.503 e. The molecule has 1 N–H and O–H groups in total. The van der Waals surface area contributed by atoms with Crippen LogP contribution in [0.25, 0.3) is 0 Å². The van der Waals surface area contributed by atoms with Crippen LogP contribution in [-0.4, -0.2) is 39.5 Å². The fourth-order valence-corrected chi connectivity index (χ4v) is 5.19. The maximum absolute atomic E-state index is 13.7. The van der Waals surface area contributed by atoms with Crippen LogP contribution >= 0.6 is 15.9 Å². The van der Waals surface area contributed by atoms with Crippen LogP contribution in [0.1, 0.15) is 24.1 Å². The molecular formula is C26H22BrN3O7. The molecule has 3 aromatic carbocycles. The van der Waals surface area contributed by atoms with Gasteiger partial charge in [-0.3, -0.25) is 29.4 Å². The van der Waals surface area contributed by atoms with E-state index >= 15 is 0 Å². The fourth-order valence-electron chi connectivity index (χ4n) is 4.73. The summed E-state index contributed by atoms with van der Waals surface area (Å²) < 4.78 is 5.91. The van der Waals surface area contributed by atoms with Crippen molar-refractivity contribution in [2.24, 2.45) is 5.92 Å². The lowest BCUT2D eigenvalue weighted by molar-refractivity contribution is -0.384. The first kappa shape index (κ1) is 24.7. The van der Waals surface area contributed by atoms with E-state index in [9.17, 15) is 24.8 Å². The lowest BCUT2D eigenvalue weighted by atomic mass is 9.90. The molecule has 0 aromatic heterocycles. The molecule has 2 aliphatic heterocycles. The number of benzene rings is 3. The van der Waals surface area contributed by atoms with Crippen molar-refractivity contribution in [2.75, 3.05) is 11.7 Å². The van der Waals surface area contributed by atoms with Crippen molar-refractivity contribution in [1.82, 2.24) is 4.90 Å². The minimum absolute atomic E-state index is 0.0991. The predicted octanol–water partition coefficient (Wildman–Crippen LogP) is 4.51. The van der Waals surface area contributed by atoms with Crippen molar-refractivity contribution in [2.45, 2.75) is 25.6 Å². The number of anilines is 1. The Morgan fingerprint density at radius 1 is 1.08 bits per heavy atom. The van der Waals surface area contributed by atoms with Gasteiger partial charge in [-0.1, -0.05) is 36.4 Å². The van der Waals surface area contributed by atoms with E-state index in [0.29, 0.717) is 15.7 Å². The summed E-state index contributed by atoms with van der Waals surface area (Å²) in [6.07, 6.45) is -1.12. The highest BCUT2D eigenvalue weighted by Gasteiger charge is 2.60. The third-order valence-electron chi connectivity index (χ3n) is 6.38. The van der Waals surface area contributed by atoms with Crippen LogP contribution < -0.4 is 9.80 Å². The predicted molar refractivity (Wildman–Crippen MR) is 136 cm³/mol. The Morgan fingerprint density at radius 3 is 2.54 bits per heavy atom. The Labute approximate surface area is 220 Å². The van der Waals surface area contributed by atoms with Gasteiger partial charge in [0.1, 0.15) is 5.92 Å². The Kier molecular flexibility index (Phi) is 6.57. The molecule has 0 spiro atoms. The molecule has 0 unspecified atom stereocenters. The molecule has 0 saturated carbocycles. The first-order valence-electron chi connectivity index (χ1n) is 11.5. The molecule has 0 aliphatic carbocycles. The van der Waals surface area contributed by atoms with Gasteiger partial charge in [-0.15, -0.1) is 0 Å². The van der Waals surface area contributed by atoms with Gasteiger partial charge >= 0.3 is 0 Å². The molecule has 3 aromatic rings. The molecule has 2 saturated heterocycles. The number of nitro groups is 1. The highest BCUT2D eigenvalue weighted by Crippen LogP contribution is 2.49. The molecule has 10 nitrogen and oxygen atoms in total. The Balaban J connectivity index is 1.59. The molecule has 3 atom stereocenters. The van der Waals surface area contributed by atoms with Crippen molar-refractivity contribution in [1.29, 1.82) is 0 Å². The summed E-state index contributed by atoms with van der Waals surface area (Å²) in [4.78, 5) is 45.2. The standard InChI is InChI=1S/C26H22BrN3O7/c1-2-36-20-12-16(11-19(27)23(20)31)22-21-24(37-29(22)17-9-6-10-18(13-17)30(34)35)26(33)28(25(21)32)14-15-7-4-3-5-8-15/h3-13,21-22,24,31H,2,14H2,1H3/t21-,22+,24+/m0/s1. The second-order valence-electron chi connectivity index (χ2n) is 8.63. The lowest BCUT2D eigenvalue weighted by Gasteiger charge is -2.29. The number of hydrogen-bond acceptors (Lipinski definition) is 8. The van der Waals surface area contributed by atoms with Gasteiger partial charge in [0.15, 0.2) is 17.6 Å². The second-order valence-corrected chi connectivity index (χ2v) is 9.48. The number of fused-ring (bicyclic) bond motifs is 1. The zero-order valence-corrected chi connectivity index (χ0v) is 21.2. The number of phenols is 1. The minimum Gasteiger partial charge on any atom is -0.503 e. The molecule has 2 fully saturated rings. The van der Waals surface area contributed by atoms with Gasteiger partial charge in [0, 0.05) is 12.1 Å². The van der Waals surface area contributed by atoms with E-state index in [0.717, 1.165) is 5.56 Å². The number of likely N-dealkylation sites (tertiary alicyclic amines) is 1. The van der Waals surface area contributed by atoms with E-state index < -0.39 is 34.8 Å². The average molecular weight is 568 g/mol. The van der Waals surface area contributed by atoms with Gasteiger partial charge in [0.25, 0.3) is 11.6 Å². The van der Waals surface area contributed by atoms with Gasteiger partial charge in [-0.25, -0.2) is 5.06 Å². The Hall–Kier alpha value is -3.96. The number of amides is 2. The number of aromatic hydroxyl groups is 1. The van der Waals surface area contributed by atoms with E-state index in [-0.39, 0.29) is 30.3 Å². The summed E-state index contributed by atoms with van der Waals surface area (Å²) in [5.41, 5.74) is 1.46. The van der Waals surface area contributed by atoms with E-state index in [1.165, 1.54) is 28.2 Å². The molecule has 5 rings (SSSR count). The smallest absolute Gasteiger partial charge is 0.271 e. The van der Waals surface area contributed by atoms with Gasteiger partial charge in [0.2, 0.25) is 5.91 Å². The van der Waals surface area contributed by atoms with Crippen LogP contribution in [0, 0.1) is 16.0 Å². The van der Waals surface area contributed by atoms with Crippen LogP contribution in [0.5, 0.6) is 11.5 Å². The average Bonchev–Trinajstić information content (AvgIpc) is 3.39. The van der Waals surface area contributed by atoms with Crippen molar-refractivity contribution in [3.63, 3.8) is 0 Å². The summed E-state index contributed by atoms with van der Waals surface area (Å²) in [5, 5.41) is 23.2. The number of nitro benzene ring substituents is 1. The van der Waals surface area contributed by atoms with Crippen LogP contribution in [0.15, 0.2) is 71.2 Å². The number of nitrogens with zero attached hydrogens (tertiary/aromatic N) is 3. The van der Waals surface area contributed by atoms with Crippen molar-refractivity contribution < 1.29 is 29.2 Å². The van der Waals surface area contributed by atoms with Crippen LogP contribution in [0.3, 0.4) is 0 Å². The van der Waals surface area contributed by atoms with Gasteiger partial charge < -0.3 is 9.84 Å². The Bertz CT molecular complexity index is 1380. The third kappa shape index (κ3) is 4.40. The molecule has 0 bridgehead atoms. The van der Waals surface area contributed by atoms with Crippen molar-refractivity contribution in [3.8, 4) is 11.5 Å². The molecular weight excluding hydrogens is 546 g/mol. The first-order valence-corrected chi connectivity index (χ1v) is 12.3. The quantitative estimate of drug-likeness (QED) is 0.251. The molecule has 0 radical (unpaired) electrons. The number of phenolic OH excluding ortho intramolecular Hbond substituents is 1. The first-order chi connectivity index (χ1) is 17.8. The molecule has 37 heavy (non-hydrogen) atoms. The monoisotopic (exact) mass is 567 g/mol. The number of imide groups is 1. The summed E-state index contributed by atoms with van der Waals surface area (Å²) in [6.45, 7) is 2.15. The zero-order valence-electron chi connectivity index (χ0n) is 19.6. The normalized spacial score (nSPS) is 20.9. The van der Waals surface area contributed by atoms with Crippen LogP contribution in [0.4, 0.5) is 11.4 Å². The number of ether oxygens (including phenoxy) is 1. The third-order valence-corrected chi connectivity index (χ3v) is 6.98. The molecule has 2 amide bonds. The van der Waals surface area contributed by atoms with Gasteiger partial charge in [-0.2, -0.15) is 0 Å². The van der Waals surface area contributed by atoms with Crippen LogP contribution in [-0.2, 0) is 21.0 Å². The number of hydroxylamine groups is 1. The highest BCUT2D eigenvalue weighted by molar-refractivity contribution is 9.10. The molecule has 2 aliphatic rings. The SMILES string of the molecule is CCOc1cc([C@@H]2[C@@H]3C(=O)N(Cc4ccccc4)C(=O)[C@@H]3ON2c2cccc([N+](=O)[O-])c2)cc(Br)c1O. The summed E-state index contributed by atoms with van der Waals surface area (Å²) in [7, 11) is 0. The fraction of sp³-hybridized carbons (Fsp3) is 0.231. The number of carbonyl (C=O) groups is 2. The molecule has 190 valence electrons. The minimum atomic E-state index is -1.12. The Morgan fingerprint density at radius 2 is 1.84 bits per heavy atom. The molecule has 11 heteroatoms. The summed E-state index contributed by atoms with van der Waals surface area (Å²) in [5.74, 6) is -1.75. The number of halogens is 1. The number of rotatable bonds is 7. The van der Waals surface area contributed by atoms with Crippen LogP contribution in [0.2, 0.25) is 0 Å². The topological polar surface area (TPSA) is 122 Å².